The molecule has 1 aromatic carbocycles. The number of hydrogen-bond acceptors (Lipinski definition) is 5. The zero-order valence-corrected chi connectivity index (χ0v) is 21.4. The summed E-state index contributed by atoms with van der Waals surface area (Å²) in [4.78, 5) is 34.0. The Morgan fingerprint density at radius 2 is 1.82 bits per heavy atom. The van der Waals surface area contributed by atoms with Gasteiger partial charge in [0.1, 0.15) is 0 Å². The molecule has 0 saturated carbocycles. The second kappa shape index (κ2) is 11.7. The molecule has 0 bridgehead atoms. The average molecular weight is 472 g/mol. The molecule has 0 radical (unpaired) electrons. The average Bonchev–Trinajstić information content (AvgIpc) is 3.05. The summed E-state index contributed by atoms with van der Waals surface area (Å²) in [5.41, 5.74) is 4.22. The highest BCUT2D eigenvalue weighted by Crippen LogP contribution is 2.23. The molecule has 33 heavy (non-hydrogen) atoms. The summed E-state index contributed by atoms with van der Waals surface area (Å²) in [6, 6.07) is 7.91. The molecule has 2 heterocycles. The van der Waals surface area contributed by atoms with Gasteiger partial charge in [0.2, 0.25) is 11.8 Å². The fourth-order valence-electron chi connectivity index (χ4n) is 4.03. The molecule has 0 aliphatic carbocycles. The predicted octanol–water partition coefficient (Wildman–Crippen LogP) is 3.59. The van der Waals surface area contributed by atoms with E-state index in [1.165, 1.54) is 17.5 Å². The van der Waals surface area contributed by atoms with Crippen LogP contribution >= 0.6 is 11.8 Å². The minimum atomic E-state index is -0.00559. The summed E-state index contributed by atoms with van der Waals surface area (Å²) >= 11 is 1.52. The normalized spacial score (nSPS) is 14.7. The van der Waals surface area contributed by atoms with E-state index in [0.717, 1.165) is 35.1 Å². The van der Waals surface area contributed by atoms with Crippen LogP contribution in [0.15, 0.2) is 29.4 Å². The summed E-state index contributed by atoms with van der Waals surface area (Å²) in [7, 11) is 0. The Morgan fingerprint density at radius 1 is 1.12 bits per heavy atom. The summed E-state index contributed by atoms with van der Waals surface area (Å²) < 4.78 is 2.23. The monoisotopic (exact) mass is 471 g/mol. The first kappa shape index (κ1) is 25.3. The van der Waals surface area contributed by atoms with Crippen molar-refractivity contribution in [2.75, 3.05) is 43.8 Å². The van der Waals surface area contributed by atoms with Gasteiger partial charge in [-0.05, 0) is 37.8 Å². The number of aromatic nitrogens is 2. The van der Waals surface area contributed by atoms with Gasteiger partial charge in [0, 0.05) is 44.1 Å². The third kappa shape index (κ3) is 6.84. The molecule has 1 fully saturated rings. The summed E-state index contributed by atoms with van der Waals surface area (Å²) in [6.45, 7) is 14.5. The maximum atomic E-state index is 12.8. The van der Waals surface area contributed by atoms with Crippen molar-refractivity contribution in [1.29, 1.82) is 0 Å². The largest absolute Gasteiger partial charge is 0.339 e. The van der Waals surface area contributed by atoms with Crippen molar-refractivity contribution in [3.05, 3.63) is 41.2 Å². The first-order valence-electron chi connectivity index (χ1n) is 11.8. The fourth-order valence-corrected chi connectivity index (χ4v) is 5.03. The van der Waals surface area contributed by atoms with Gasteiger partial charge in [-0.1, -0.05) is 50.7 Å². The molecule has 0 spiro atoms. The number of benzene rings is 1. The van der Waals surface area contributed by atoms with E-state index in [2.05, 4.69) is 47.5 Å². The van der Waals surface area contributed by atoms with Crippen LogP contribution in [0.3, 0.4) is 0 Å². The highest BCUT2D eigenvalue weighted by atomic mass is 32.2. The highest BCUT2D eigenvalue weighted by Gasteiger charge is 2.23. The third-order valence-electron chi connectivity index (χ3n) is 6.06. The number of carbonyl (C=O) groups excluding carboxylic acids is 2. The first-order valence-corrected chi connectivity index (χ1v) is 12.8. The van der Waals surface area contributed by atoms with Crippen LogP contribution < -0.4 is 5.32 Å². The van der Waals surface area contributed by atoms with Crippen LogP contribution in [0.2, 0.25) is 0 Å². The molecular weight excluding hydrogens is 434 g/mol. The van der Waals surface area contributed by atoms with Gasteiger partial charge in [-0.15, -0.1) is 0 Å². The van der Waals surface area contributed by atoms with Crippen LogP contribution in [0.4, 0.5) is 5.69 Å². The maximum absolute atomic E-state index is 12.8. The van der Waals surface area contributed by atoms with E-state index in [1.807, 2.05) is 36.1 Å². The van der Waals surface area contributed by atoms with Gasteiger partial charge in [0.15, 0.2) is 5.16 Å². The fraction of sp³-hybridized carbons (Fsp3) is 0.560. The molecular formula is C25H37N5O2S. The SMILES string of the molecule is CCc1ccccc1NC(=O)CN1CCN(C(=O)CSc2nc(C)c(C)n2CC(C)C)CC1. The predicted molar refractivity (Wildman–Crippen MR) is 135 cm³/mol. The molecule has 3 rings (SSSR count). The summed E-state index contributed by atoms with van der Waals surface area (Å²) in [5.74, 6) is 1.04. The van der Waals surface area contributed by atoms with Crippen LogP contribution in [-0.4, -0.2) is 69.6 Å². The molecule has 7 nitrogen and oxygen atoms in total. The number of piperazine rings is 1. The molecule has 2 amide bonds. The molecule has 1 saturated heterocycles. The van der Waals surface area contributed by atoms with Crippen molar-refractivity contribution in [3.8, 4) is 0 Å². The quantitative estimate of drug-likeness (QED) is 0.566. The Hall–Kier alpha value is -2.32. The number of nitrogens with one attached hydrogen (secondary N) is 1. The Morgan fingerprint density at radius 3 is 2.48 bits per heavy atom. The molecule has 0 atom stereocenters. The number of amides is 2. The molecule has 8 heteroatoms. The maximum Gasteiger partial charge on any atom is 0.238 e. The summed E-state index contributed by atoms with van der Waals surface area (Å²) in [5, 5.41) is 3.96. The zero-order chi connectivity index (χ0) is 24.0. The van der Waals surface area contributed by atoms with Crippen LogP contribution in [0.5, 0.6) is 0 Å². The van der Waals surface area contributed by atoms with Crippen molar-refractivity contribution in [1.82, 2.24) is 19.4 Å². The van der Waals surface area contributed by atoms with Crippen LogP contribution in [0.25, 0.3) is 0 Å². The third-order valence-corrected chi connectivity index (χ3v) is 7.02. The lowest BCUT2D eigenvalue weighted by atomic mass is 10.1. The number of thioether (sulfide) groups is 1. The Balaban J connectivity index is 1.46. The highest BCUT2D eigenvalue weighted by molar-refractivity contribution is 7.99. The number of imidazole rings is 1. The molecule has 180 valence electrons. The Labute approximate surface area is 201 Å². The van der Waals surface area contributed by atoms with Gasteiger partial charge in [-0.2, -0.15) is 0 Å². The van der Waals surface area contributed by atoms with E-state index in [0.29, 0.717) is 44.4 Å². The molecule has 1 aliphatic rings. The number of aryl methyl sites for hydroxylation is 2. The number of anilines is 1. The molecule has 0 unspecified atom stereocenters. The first-order chi connectivity index (χ1) is 15.8. The topological polar surface area (TPSA) is 70.5 Å². The van der Waals surface area contributed by atoms with Gasteiger partial charge in [-0.3, -0.25) is 14.5 Å². The van der Waals surface area contributed by atoms with Crippen LogP contribution in [0.1, 0.15) is 37.7 Å². The van der Waals surface area contributed by atoms with Crippen molar-refractivity contribution in [2.24, 2.45) is 5.92 Å². The van der Waals surface area contributed by atoms with Crippen molar-refractivity contribution < 1.29 is 9.59 Å². The lowest BCUT2D eigenvalue weighted by Crippen LogP contribution is -2.50. The van der Waals surface area contributed by atoms with Crippen LogP contribution in [-0.2, 0) is 22.6 Å². The van der Waals surface area contributed by atoms with Gasteiger partial charge in [0.05, 0.1) is 18.0 Å². The molecule has 1 aromatic heterocycles. The Kier molecular flexibility index (Phi) is 8.97. The second-order valence-corrected chi connectivity index (χ2v) is 10.0. The number of para-hydroxylation sites is 1. The minimum Gasteiger partial charge on any atom is -0.339 e. The van der Waals surface area contributed by atoms with Crippen molar-refractivity contribution in [3.63, 3.8) is 0 Å². The standard InChI is InChI=1S/C25H37N5O2S/c1-6-21-9-7-8-10-22(21)27-23(31)16-28-11-13-29(14-12-28)24(32)17-33-25-26-19(4)20(5)30(25)15-18(2)3/h7-10,18H,6,11-17H2,1-5H3,(H,27,31). The van der Waals surface area contributed by atoms with E-state index in [4.69, 9.17) is 0 Å². The zero-order valence-electron chi connectivity index (χ0n) is 20.6. The van der Waals surface area contributed by atoms with E-state index in [9.17, 15) is 9.59 Å². The van der Waals surface area contributed by atoms with E-state index in [1.54, 1.807) is 0 Å². The lowest BCUT2D eigenvalue weighted by Gasteiger charge is -2.34. The smallest absolute Gasteiger partial charge is 0.238 e. The van der Waals surface area contributed by atoms with Gasteiger partial charge in [-0.25, -0.2) is 4.98 Å². The van der Waals surface area contributed by atoms with Crippen molar-refractivity contribution >= 4 is 29.3 Å². The number of hydrogen-bond donors (Lipinski definition) is 1. The summed E-state index contributed by atoms with van der Waals surface area (Å²) in [6.07, 6.45) is 0.881. The number of rotatable bonds is 9. The van der Waals surface area contributed by atoms with Gasteiger partial charge >= 0.3 is 0 Å². The van der Waals surface area contributed by atoms with E-state index >= 15 is 0 Å². The minimum absolute atomic E-state index is 0.00559. The lowest BCUT2D eigenvalue weighted by molar-refractivity contribution is -0.130. The van der Waals surface area contributed by atoms with Crippen LogP contribution in [0, 0.1) is 19.8 Å². The van der Waals surface area contributed by atoms with E-state index < -0.39 is 0 Å². The van der Waals surface area contributed by atoms with E-state index in [-0.39, 0.29) is 11.8 Å². The molecule has 1 aliphatic heterocycles. The van der Waals surface area contributed by atoms with Gasteiger partial charge in [0.25, 0.3) is 0 Å². The molecule has 1 N–H and O–H groups in total. The second-order valence-electron chi connectivity index (χ2n) is 9.07. The number of carbonyl (C=O) groups is 2. The molecule has 2 aromatic rings. The van der Waals surface area contributed by atoms with Crippen molar-refractivity contribution in [2.45, 2.75) is 52.7 Å². The Bertz CT molecular complexity index is 964. The number of nitrogens with zero attached hydrogens (tertiary/aromatic N) is 4. The van der Waals surface area contributed by atoms with Gasteiger partial charge < -0.3 is 14.8 Å².